The maximum Gasteiger partial charge on any atom is 0.188 e. The van der Waals surface area contributed by atoms with Gasteiger partial charge in [0, 0.05) is 19.1 Å². The van der Waals surface area contributed by atoms with Gasteiger partial charge in [-0.15, -0.1) is 24.0 Å². The fourth-order valence-corrected chi connectivity index (χ4v) is 3.19. The highest BCUT2D eigenvalue weighted by Gasteiger charge is 2.18. The number of rotatable bonds is 7. The first-order valence-electron chi connectivity index (χ1n) is 9.41. The van der Waals surface area contributed by atoms with Gasteiger partial charge in [0.25, 0.3) is 0 Å². The van der Waals surface area contributed by atoms with Crippen LogP contribution in [-0.2, 0) is 13.1 Å². The van der Waals surface area contributed by atoms with E-state index in [0.29, 0.717) is 24.5 Å². The molecule has 5 heteroatoms. The zero-order valence-electron chi connectivity index (χ0n) is 16.0. The maximum atomic E-state index is 5.99. The molecule has 1 heterocycles. The molecule has 0 spiro atoms. The van der Waals surface area contributed by atoms with E-state index in [-0.39, 0.29) is 24.0 Å². The summed E-state index contributed by atoms with van der Waals surface area (Å²) in [5.74, 6) is 1.23. The number of piperidine rings is 1. The minimum absolute atomic E-state index is 0. The van der Waals surface area contributed by atoms with E-state index >= 15 is 0 Å². The second kappa shape index (κ2) is 11.7. The van der Waals surface area contributed by atoms with Gasteiger partial charge in [0.1, 0.15) is 0 Å². The third-order valence-corrected chi connectivity index (χ3v) is 4.88. The van der Waals surface area contributed by atoms with Gasteiger partial charge in [-0.1, -0.05) is 44.5 Å². The molecule has 1 aliphatic rings. The molecule has 1 aromatic rings. The number of hydrogen-bond donors (Lipinski definition) is 2. The highest BCUT2D eigenvalue weighted by Crippen LogP contribution is 2.21. The summed E-state index contributed by atoms with van der Waals surface area (Å²) in [6, 6.07) is 9.30. The maximum absolute atomic E-state index is 5.99. The Morgan fingerprint density at radius 2 is 2.00 bits per heavy atom. The minimum Gasteiger partial charge on any atom is -0.370 e. The van der Waals surface area contributed by atoms with Crippen molar-refractivity contribution in [1.29, 1.82) is 0 Å². The highest BCUT2D eigenvalue weighted by molar-refractivity contribution is 14.0. The van der Waals surface area contributed by atoms with Gasteiger partial charge < -0.3 is 11.1 Å². The normalized spacial score (nSPS) is 18.9. The van der Waals surface area contributed by atoms with Crippen LogP contribution in [0.2, 0.25) is 0 Å². The molecule has 0 bridgehead atoms. The number of aliphatic imine (C=N–C) groups is 1. The molecule has 1 aliphatic heterocycles. The molecular weight excluding hydrogens is 423 g/mol. The van der Waals surface area contributed by atoms with Gasteiger partial charge in [-0.05, 0) is 49.8 Å². The molecule has 0 aliphatic carbocycles. The van der Waals surface area contributed by atoms with Crippen LogP contribution in [0.15, 0.2) is 29.3 Å². The predicted octanol–water partition coefficient (Wildman–Crippen LogP) is 4.13. The van der Waals surface area contributed by atoms with E-state index in [1.165, 1.54) is 36.9 Å². The Balaban J connectivity index is 0.00000312. The number of benzene rings is 1. The molecule has 25 heavy (non-hydrogen) atoms. The molecular formula is C20H35IN4. The number of halogens is 1. The van der Waals surface area contributed by atoms with Crippen LogP contribution in [0.1, 0.15) is 57.6 Å². The predicted molar refractivity (Wildman–Crippen MR) is 118 cm³/mol. The zero-order valence-corrected chi connectivity index (χ0v) is 18.3. The summed E-state index contributed by atoms with van der Waals surface area (Å²) in [5.41, 5.74) is 8.65. The van der Waals surface area contributed by atoms with E-state index in [2.05, 4.69) is 60.2 Å². The molecule has 4 nitrogen and oxygen atoms in total. The van der Waals surface area contributed by atoms with Crippen LogP contribution >= 0.6 is 24.0 Å². The summed E-state index contributed by atoms with van der Waals surface area (Å²) in [6.07, 6.45) is 5.10. The number of nitrogens with one attached hydrogen (secondary N) is 1. The monoisotopic (exact) mass is 458 g/mol. The molecule has 0 saturated carbocycles. The molecule has 0 amide bonds. The summed E-state index contributed by atoms with van der Waals surface area (Å²) in [4.78, 5) is 7.12. The number of hydrogen-bond acceptors (Lipinski definition) is 2. The Morgan fingerprint density at radius 3 is 2.68 bits per heavy atom. The minimum atomic E-state index is 0. The van der Waals surface area contributed by atoms with Crippen molar-refractivity contribution in [3.8, 4) is 0 Å². The smallest absolute Gasteiger partial charge is 0.188 e. The molecule has 1 unspecified atom stereocenters. The van der Waals surface area contributed by atoms with E-state index in [9.17, 15) is 0 Å². The summed E-state index contributed by atoms with van der Waals surface area (Å²) >= 11 is 0. The summed E-state index contributed by atoms with van der Waals surface area (Å²) < 4.78 is 0. The average molecular weight is 458 g/mol. The molecule has 1 aromatic carbocycles. The van der Waals surface area contributed by atoms with Gasteiger partial charge in [-0.3, -0.25) is 4.90 Å². The van der Waals surface area contributed by atoms with E-state index < -0.39 is 0 Å². The first kappa shape index (κ1) is 22.2. The fraction of sp³-hybridized carbons (Fsp3) is 0.650. The molecule has 1 fully saturated rings. The van der Waals surface area contributed by atoms with E-state index in [4.69, 9.17) is 5.73 Å². The molecule has 1 saturated heterocycles. The molecule has 0 radical (unpaired) electrons. The lowest BCUT2D eigenvalue weighted by molar-refractivity contribution is 0.152. The molecule has 142 valence electrons. The van der Waals surface area contributed by atoms with Crippen LogP contribution in [0.4, 0.5) is 0 Å². The SMILES string of the molecule is CC(C)CCNC(N)=NCc1ccccc1CN1CCCCC1C.I. The van der Waals surface area contributed by atoms with Gasteiger partial charge in [0.05, 0.1) is 6.54 Å². The number of nitrogens with two attached hydrogens (primary N) is 1. The molecule has 2 rings (SSSR count). The first-order chi connectivity index (χ1) is 11.6. The highest BCUT2D eigenvalue weighted by atomic mass is 127. The molecule has 3 N–H and O–H groups in total. The second-order valence-corrected chi connectivity index (χ2v) is 7.39. The van der Waals surface area contributed by atoms with E-state index in [0.717, 1.165) is 19.5 Å². The van der Waals surface area contributed by atoms with E-state index in [1.807, 2.05) is 0 Å². The third-order valence-electron chi connectivity index (χ3n) is 4.88. The van der Waals surface area contributed by atoms with Crippen molar-refractivity contribution in [2.45, 2.75) is 65.6 Å². The van der Waals surface area contributed by atoms with Gasteiger partial charge >= 0.3 is 0 Å². The Bertz CT molecular complexity index is 530. The van der Waals surface area contributed by atoms with Crippen molar-refractivity contribution in [2.75, 3.05) is 13.1 Å². The fourth-order valence-electron chi connectivity index (χ4n) is 3.19. The molecule has 1 atom stereocenters. The van der Waals surface area contributed by atoms with Crippen molar-refractivity contribution in [3.63, 3.8) is 0 Å². The zero-order chi connectivity index (χ0) is 17.4. The number of likely N-dealkylation sites (tertiary alicyclic amines) is 1. The summed E-state index contributed by atoms with van der Waals surface area (Å²) in [6.45, 7) is 10.5. The summed E-state index contributed by atoms with van der Waals surface area (Å²) in [5, 5.41) is 3.21. The van der Waals surface area contributed by atoms with Crippen LogP contribution in [0.3, 0.4) is 0 Å². The lowest BCUT2D eigenvalue weighted by atomic mass is 10.0. The Hall–Kier alpha value is -0.820. The Morgan fingerprint density at radius 1 is 1.28 bits per heavy atom. The Labute approximate surface area is 170 Å². The van der Waals surface area contributed by atoms with Crippen LogP contribution in [0.25, 0.3) is 0 Å². The Kier molecular flexibility index (Phi) is 10.4. The standard InChI is InChI=1S/C20H34N4.HI/c1-16(2)11-12-22-20(21)23-14-18-9-4-5-10-19(18)15-24-13-7-6-8-17(24)3;/h4-5,9-10,16-17H,6-8,11-15H2,1-3H3,(H3,21,22,23);1H. The molecule has 0 aromatic heterocycles. The summed E-state index contributed by atoms with van der Waals surface area (Å²) in [7, 11) is 0. The van der Waals surface area contributed by atoms with Crippen LogP contribution in [0, 0.1) is 5.92 Å². The van der Waals surface area contributed by atoms with Crippen LogP contribution < -0.4 is 11.1 Å². The van der Waals surface area contributed by atoms with E-state index in [1.54, 1.807) is 0 Å². The van der Waals surface area contributed by atoms with Crippen LogP contribution in [-0.4, -0.2) is 30.0 Å². The number of guanidine groups is 1. The largest absolute Gasteiger partial charge is 0.370 e. The topological polar surface area (TPSA) is 53.6 Å². The third kappa shape index (κ3) is 7.94. The van der Waals surface area contributed by atoms with Gasteiger partial charge in [0.2, 0.25) is 0 Å². The van der Waals surface area contributed by atoms with Crippen LogP contribution in [0.5, 0.6) is 0 Å². The number of nitrogens with zero attached hydrogens (tertiary/aromatic N) is 2. The van der Waals surface area contributed by atoms with Crippen molar-refractivity contribution in [3.05, 3.63) is 35.4 Å². The van der Waals surface area contributed by atoms with Crippen molar-refractivity contribution in [1.82, 2.24) is 10.2 Å². The van der Waals surface area contributed by atoms with Gasteiger partial charge in [0.15, 0.2) is 5.96 Å². The van der Waals surface area contributed by atoms with Crippen molar-refractivity contribution < 1.29 is 0 Å². The first-order valence-corrected chi connectivity index (χ1v) is 9.41. The van der Waals surface area contributed by atoms with Gasteiger partial charge in [-0.25, -0.2) is 4.99 Å². The van der Waals surface area contributed by atoms with Gasteiger partial charge in [-0.2, -0.15) is 0 Å². The van der Waals surface area contributed by atoms with Crippen molar-refractivity contribution >= 4 is 29.9 Å². The lowest BCUT2D eigenvalue weighted by Crippen LogP contribution is -2.37. The second-order valence-electron chi connectivity index (χ2n) is 7.39. The average Bonchev–Trinajstić information content (AvgIpc) is 2.56. The quantitative estimate of drug-likeness (QED) is 0.367. The lowest BCUT2D eigenvalue weighted by Gasteiger charge is -2.33. The van der Waals surface area contributed by atoms with Crippen molar-refractivity contribution in [2.24, 2.45) is 16.6 Å².